The van der Waals surface area contributed by atoms with Gasteiger partial charge in [-0.3, -0.25) is 19.3 Å². The number of aliphatic hydroxyl groups excluding tert-OH is 1. The van der Waals surface area contributed by atoms with Crippen molar-refractivity contribution in [1.82, 2.24) is 4.90 Å². The Morgan fingerprint density at radius 3 is 2.44 bits per heavy atom. The van der Waals surface area contributed by atoms with Crippen LogP contribution in [0.25, 0.3) is 0 Å². The number of aliphatic hydroxyl groups is 1. The van der Waals surface area contributed by atoms with Crippen molar-refractivity contribution in [2.75, 3.05) is 0 Å². The standard InChI is InChI=1S/C13H19NO4/c1-2-10(15)6-4-3-5-7-11(16)14-12(17)8-9-13(14)18/h2,11,16H,1,3-9H2. The summed E-state index contributed by atoms with van der Waals surface area (Å²) in [6.45, 7) is 3.39. The molecule has 0 aromatic heterocycles. The smallest absolute Gasteiger partial charge is 0.231 e. The fourth-order valence-corrected chi connectivity index (χ4v) is 1.96. The number of nitrogens with zero attached hydrogens (tertiary/aromatic N) is 1. The molecule has 1 fully saturated rings. The van der Waals surface area contributed by atoms with E-state index in [1.54, 1.807) is 0 Å². The lowest BCUT2D eigenvalue weighted by Crippen LogP contribution is -2.39. The van der Waals surface area contributed by atoms with Crippen molar-refractivity contribution in [3.8, 4) is 0 Å². The Morgan fingerprint density at radius 1 is 1.28 bits per heavy atom. The summed E-state index contributed by atoms with van der Waals surface area (Å²) in [5.74, 6) is -0.580. The molecule has 1 saturated heterocycles. The van der Waals surface area contributed by atoms with Crippen LogP contribution in [0.1, 0.15) is 44.9 Å². The first kappa shape index (κ1) is 14.6. The fourth-order valence-electron chi connectivity index (χ4n) is 1.96. The van der Waals surface area contributed by atoms with Gasteiger partial charge < -0.3 is 5.11 Å². The molecule has 0 bridgehead atoms. The summed E-state index contributed by atoms with van der Waals surface area (Å²) in [7, 11) is 0. The minimum Gasteiger partial charge on any atom is -0.373 e. The first-order chi connectivity index (χ1) is 8.56. The lowest BCUT2D eigenvalue weighted by molar-refractivity contribution is -0.149. The van der Waals surface area contributed by atoms with E-state index in [-0.39, 0.29) is 30.4 Å². The van der Waals surface area contributed by atoms with Crippen LogP contribution in [0.3, 0.4) is 0 Å². The lowest BCUT2D eigenvalue weighted by atomic mass is 10.1. The van der Waals surface area contributed by atoms with E-state index in [0.29, 0.717) is 19.3 Å². The Morgan fingerprint density at radius 2 is 1.89 bits per heavy atom. The third-order valence-electron chi connectivity index (χ3n) is 3.00. The SMILES string of the molecule is C=CC(=O)CCCCCC(O)N1C(=O)CCC1=O. The highest BCUT2D eigenvalue weighted by atomic mass is 16.3. The molecule has 1 heterocycles. The van der Waals surface area contributed by atoms with Crippen LogP contribution in [0.15, 0.2) is 12.7 Å². The molecular weight excluding hydrogens is 234 g/mol. The number of carbonyl (C=O) groups is 3. The van der Waals surface area contributed by atoms with Gasteiger partial charge in [0.25, 0.3) is 0 Å². The van der Waals surface area contributed by atoms with Gasteiger partial charge in [0.2, 0.25) is 11.8 Å². The summed E-state index contributed by atoms with van der Waals surface area (Å²) in [4.78, 5) is 34.6. The van der Waals surface area contributed by atoms with Gasteiger partial charge in [-0.15, -0.1) is 0 Å². The zero-order chi connectivity index (χ0) is 13.5. The third-order valence-corrected chi connectivity index (χ3v) is 3.00. The number of rotatable bonds is 8. The van der Waals surface area contributed by atoms with Crippen LogP contribution in [-0.4, -0.2) is 33.8 Å². The van der Waals surface area contributed by atoms with Crippen molar-refractivity contribution in [2.45, 2.75) is 51.2 Å². The van der Waals surface area contributed by atoms with Crippen LogP contribution in [0, 0.1) is 0 Å². The van der Waals surface area contributed by atoms with E-state index in [4.69, 9.17) is 0 Å². The number of likely N-dealkylation sites (tertiary alicyclic amines) is 1. The van der Waals surface area contributed by atoms with Gasteiger partial charge >= 0.3 is 0 Å². The van der Waals surface area contributed by atoms with E-state index >= 15 is 0 Å². The molecule has 1 rings (SSSR count). The van der Waals surface area contributed by atoms with Crippen LogP contribution in [-0.2, 0) is 14.4 Å². The van der Waals surface area contributed by atoms with Crippen LogP contribution in [0.4, 0.5) is 0 Å². The monoisotopic (exact) mass is 253 g/mol. The van der Waals surface area contributed by atoms with Crippen molar-refractivity contribution in [3.05, 3.63) is 12.7 Å². The maximum absolute atomic E-state index is 11.3. The van der Waals surface area contributed by atoms with E-state index in [0.717, 1.165) is 17.7 Å². The molecule has 1 atom stereocenters. The predicted octanol–water partition coefficient (Wildman–Crippen LogP) is 1.16. The lowest BCUT2D eigenvalue weighted by Gasteiger charge is -2.20. The number of hydrogen-bond acceptors (Lipinski definition) is 4. The third kappa shape index (κ3) is 4.07. The Hall–Kier alpha value is -1.49. The number of imide groups is 1. The number of amides is 2. The number of hydrogen-bond donors (Lipinski definition) is 1. The van der Waals surface area contributed by atoms with Gasteiger partial charge in [0, 0.05) is 19.3 Å². The summed E-state index contributed by atoms with van der Waals surface area (Å²) in [5, 5.41) is 9.75. The summed E-state index contributed by atoms with van der Waals surface area (Å²) in [6, 6.07) is 0. The Balaban J connectivity index is 2.19. The topological polar surface area (TPSA) is 74.7 Å². The highest BCUT2D eigenvalue weighted by molar-refractivity contribution is 6.02. The maximum atomic E-state index is 11.3. The molecule has 18 heavy (non-hydrogen) atoms. The Bertz CT molecular complexity index is 335. The first-order valence-electron chi connectivity index (χ1n) is 6.24. The fraction of sp³-hybridized carbons (Fsp3) is 0.615. The molecule has 0 aliphatic carbocycles. The van der Waals surface area contributed by atoms with E-state index in [2.05, 4.69) is 6.58 Å². The van der Waals surface area contributed by atoms with E-state index in [1.165, 1.54) is 6.08 Å². The largest absolute Gasteiger partial charge is 0.373 e. The van der Waals surface area contributed by atoms with Crippen LogP contribution < -0.4 is 0 Å². The quantitative estimate of drug-likeness (QED) is 0.400. The molecule has 5 nitrogen and oxygen atoms in total. The summed E-state index contributed by atoms with van der Waals surface area (Å²) < 4.78 is 0. The predicted molar refractivity (Wildman–Crippen MR) is 65.4 cm³/mol. The first-order valence-corrected chi connectivity index (χ1v) is 6.24. The Kier molecular flexibility index (Phi) is 5.71. The molecule has 0 spiro atoms. The van der Waals surface area contributed by atoms with Gasteiger partial charge in [0.15, 0.2) is 5.78 Å². The van der Waals surface area contributed by atoms with Crippen LogP contribution >= 0.6 is 0 Å². The van der Waals surface area contributed by atoms with Crippen molar-refractivity contribution >= 4 is 17.6 Å². The highest BCUT2D eigenvalue weighted by Crippen LogP contribution is 2.17. The second kappa shape index (κ2) is 7.06. The molecule has 0 radical (unpaired) electrons. The van der Waals surface area contributed by atoms with Gasteiger partial charge in [-0.1, -0.05) is 13.0 Å². The van der Waals surface area contributed by atoms with Gasteiger partial charge in [0.05, 0.1) is 0 Å². The zero-order valence-electron chi connectivity index (χ0n) is 10.4. The van der Waals surface area contributed by atoms with Gasteiger partial charge in [-0.2, -0.15) is 0 Å². The molecule has 100 valence electrons. The van der Waals surface area contributed by atoms with Crippen LogP contribution in [0.5, 0.6) is 0 Å². The van der Waals surface area contributed by atoms with Gasteiger partial charge in [-0.05, 0) is 25.3 Å². The highest BCUT2D eigenvalue weighted by Gasteiger charge is 2.33. The zero-order valence-corrected chi connectivity index (χ0v) is 10.4. The average Bonchev–Trinajstić information content (AvgIpc) is 2.68. The average molecular weight is 253 g/mol. The van der Waals surface area contributed by atoms with Crippen molar-refractivity contribution in [3.63, 3.8) is 0 Å². The van der Waals surface area contributed by atoms with Crippen molar-refractivity contribution in [2.24, 2.45) is 0 Å². The summed E-state index contributed by atoms with van der Waals surface area (Å²) in [6.07, 6.45) is 3.72. The Labute approximate surface area is 106 Å². The molecule has 0 aromatic carbocycles. The molecule has 5 heteroatoms. The van der Waals surface area contributed by atoms with E-state index in [1.807, 2.05) is 0 Å². The number of carbonyl (C=O) groups excluding carboxylic acids is 3. The molecule has 1 aliphatic heterocycles. The minimum atomic E-state index is -1.01. The number of allylic oxidation sites excluding steroid dienone is 1. The van der Waals surface area contributed by atoms with Gasteiger partial charge in [-0.25, -0.2) is 0 Å². The van der Waals surface area contributed by atoms with Crippen LogP contribution in [0.2, 0.25) is 0 Å². The van der Waals surface area contributed by atoms with Crippen molar-refractivity contribution in [1.29, 1.82) is 0 Å². The second-order valence-electron chi connectivity index (χ2n) is 4.41. The molecular formula is C13H19NO4. The van der Waals surface area contributed by atoms with E-state index in [9.17, 15) is 19.5 Å². The molecule has 2 amide bonds. The molecule has 0 saturated carbocycles. The van der Waals surface area contributed by atoms with Gasteiger partial charge in [0.1, 0.15) is 6.23 Å². The summed E-state index contributed by atoms with van der Waals surface area (Å²) >= 11 is 0. The molecule has 1 N–H and O–H groups in total. The van der Waals surface area contributed by atoms with Crippen molar-refractivity contribution < 1.29 is 19.5 Å². The molecule has 1 unspecified atom stereocenters. The summed E-state index contributed by atoms with van der Waals surface area (Å²) in [5.41, 5.74) is 0. The minimum absolute atomic E-state index is 0.0143. The maximum Gasteiger partial charge on any atom is 0.231 e. The molecule has 1 aliphatic rings. The molecule has 0 aromatic rings. The second-order valence-corrected chi connectivity index (χ2v) is 4.41. The normalized spacial score (nSPS) is 17.1. The number of ketones is 1. The number of unbranched alkanes of at least 4 members (excludes halogenated alkanes) is 2. The van der Waals surface area contributed by atoms with E-state index < -0.39 is 6.23 Å².